The molecule has 5 heteroatoms. The Morgan fingerprint density at radius 3 is 2.79 bits per heavy atom. The van der Waals surface area contributed by atoms with Crippen LogP contribution in [0.2, 0.25) is 0 Å². The van der Waals surface area contributed by atoms with E-state index >= 15 is 0 Å². The zero-order valence-electron chi connectivity index (χ0n) is 10.6. The molecule has 3 rings (SSSR count). The minimum Gasteiger partial charge on any atom is -0.468 e. The van der Waals surface area contributed by atoms with Crippen LogP contribution in [-0.2, 0) is 19.1 Å². The van der Waals surface area contributed by atoms with E-state index in [0.29, 0.717) is 13.0 Å². The van der Waals surface area contributed by atoms with Gasteiger partial charge in [0, 0.05) is 5.56 Å². The first kappa shape index (κ1) is 12.2. The van der Waals surface area contributed by atoms with Crippen LogP contribution < -0.4 is 0 Å². The summed E-state index contributed by atoms with van der Waals surface area (Å²) in [6, 6.07) is 9.55. The second-order valence-corrected chi connectivity index (χ2v) is 4.81. The molecule has 1 aromatic rings. The fourth-order valence-corrected chi connectivity index (χ4v) is 2.80. The molecule has 3 atom stereocenters. The van der Waals surface area contributed by atoms with Gasteiger partial charge in [0.05, 0.1) is 19.8 Å². The molecule has 2 aliphatic heterocycles. The highest BCUT2D eigenvalue weighted by molar-refractivity contribution is 5.99. The maximum atomic E-state index is 12.3. The fourth-order valence-electron chi connectivity index (χ4n) is 2.80. The molecule has 0 aromatic heterocycles. The summed E-state index contributed by atoms with van der Waals surface area (Å²) in [6.07, 6.45) is 0.0998. The highest BCUT2D eigenvalue weighted by atomic mass is 16.5. The molecule has 0 aliphatic carbocycles. The Morgan fingerprint density at radius 1 is 1.37 bits per heavy atom. The predicted octanol–water partition coefficient (Wildman–Crippen LogP) is 1.11. The van der Waals surface area contributed by atoms with E-state index in [9.17, 15) is 9.59 Å². The summed E-state index contributed by atoms with van der Waals surface area (Å²) < 4.78 is 10.4. The fraction of sp³-hybridized carbons (Fsp3) is 0.429. The molecule has 2 aliphatic rings. The molecular formula is C14H15NO4. The molecule has 1 amide bonds. The highest BCUT2D eigenvalue weighted by Crippen LogP contribution is 2.39. The number of hydrogen-bond acceptors (Lipinski definition) is 4. The maximum absolute atomic E-state index is 12.3. The first-order valence-electron chi connectivity index (χ1n) is 6.29. The zero-order valence-corrected chi connectivity index (χ0v) is 10.6. The molecule has 19 heavy (non-hydrogen) atoms. The lowest BCUT2D eigenvalue weighted by atomic mass is 10.1. The maximum Gasteiger partial charge on any atom is 0.318 e. The Bertz CT molecular complexity index is 501. The molecule has 0 N–H and O–H groups in total. The molecule has 0 radical (unpaired) electrons. The molecule has 1 aromatic carbocycles. The average Bonchev–Trinajstić information content (AvgIpc) is 3.00. The summed E-state index contributed by atoms with van der Waals surface area (Å²) >= 11 is 0. The number of methoxy groups -OCH3 is 1. The van der Waals surface area contributed by atoms with Crippen LogP contribution in [0, 0.1) is 5.92 Å². The van der Waals surface area contributed by atoms with E-state index in [1.807, 2.05) is 30.3 Å². The van der Waals surface area contributed by atoms with Gasteiger partial charge in [-0.25, -0.2) is 0 Å². The molecule has 2 saturated heterocycles. The van der Waals surface area contributed by atoms with Gasteiger partial charge in [0.25, 0.3) is 0 Å². The van der Waals surface area contributed by atoms with Gasteiger partial charge in [0.2, 0.25) is 5.91 Å². The molecule has 100 valence electrons. The summed E-state index contributed by atoms with van der Waals surface area (Å²) in [6.45, 7) is 0.471. The third-order valence-corrected chi connectivity index (χ3v) is 3.72. The molecule has 0 bridgehead atoms. The summed E-state index contributed by atoms with van der Waals surface area (Å²) in [7, 11) is 1.31. The van der Waals surface area contributed by atoms with Gasteiger partial charge in [0.15, 0.2) is 6.23 Å². The van der Waals surface area contributed by atoms with Crippen LogP contribution in [0.15, 0.2) is 30.3 Å². The van der Waals surface area contributed by atoms with Crippen molar-refractivity contribution in [3.05, 3.63) is 35.9 Å². The summed E-state index contributed by atoms with van der Waals surface area (Å²) in [4.78, 5) is 25.6. The van der Waals surface area contributed by atoms with Crippen molar-refractivity contribution in [2.45, 2.75) is 18.7 Å². The average molecular weight is 261 g/mol. The first-order valence-corrected chi connectivity index (χ1v) is 6.29. The number of fused-ring (bicyclic) bond motifs is 1. The Kier molecular flexibility index (Phi) is 2.98. The number of carbonyl (C=O) groups is 2. The quantitative estimate of drug-likeness (QED) is 0.591. The molecule has 2 heterocycles. The number of nitrogens with zero attached hydrogens (tertiary/aromatic N) is 1. The van der Waals surface area contributed by atoms with Crippen molar-refractivity contribution in [1.29, 1.82) is 0 Å². The third-order valence-electron chi connectivity index (χ3n) is 3.72. The topological polar surface area (TPSA) is 55.8 Å². The minimum absolute atomic E-state index is 0.0261. The van der Waals surface area contributed by atoms with Crippen molar-refractivity contribution >= 4 is 11.9 Å². The van der Waals surface area contributed by atoms with E-state index in [2.05, 4.69) is 4.74 Å². The lowest BCUT2D eigenvalue weighted by molar-refractivity contribution is -0.152. The SMILES string of the molecule is COC(=O)[C@H]1C[C@H]2CO[C@@H](c3ccccc3)N2C1=O. The summed E-state index contributed by atoms with van der Waals surface area (Å²) in [5.41, 5.74) is 0.934. The van der Waals surface area contributed by atoms with E-state index in [-0.39, 0.29) is 18.2 Å². The number of carbonyl (C=O) groups excluding carboxylic acids is 2. The van der Waals surface area contributed by atoms with Gasteiger partial charge in [-0.3, -0.25) is 9.59 Å². The second-order valence-electron chi connectivity index (χ2n) is 4.81. The van der Waals surface area contributed by atoms with Gasteiger partial charge in [-0.2, -0.15) is 0 Å². The van der Waals surface area contributed by atoms with Crippen molar-refractivity contribution in [2.75, 3.05) is 13.7 Å². The number of amides is 1. The van der Waals surface area contributed by atoms with Crippen molar-refractivity contribution in [1.82, 2.24) is 4.90 Å². The smallest absolute Gasteiger partial charge is 0.318 e. The van der Waals surface area contributed by atoms with E-state index in [0.717, 1.165) is 5.56 Å². The Morgan fingerprint density at radius 2 is 2.11 bits per heavy atom. The number of hydrogen-bond donors (Lipinski definition) is 0. The normalized spacial score (nSPS) is 29.4. The van der Waals surface area contributed by atoms with Crippen LogP contribution in [-0.4, -0.2) is 36.5 Å². The van der Waals surface area contributed by atoms with Crippen molar-refractivity contribution in [3.63, 3.8) is 0 Å². The van der Waals surface area contributed by atoms with Gasteiger partial charge in [-0.1, -0.05) is 30.3 Å². The van der Waals surface area contributed by atoms with Gasteiger partial charge < -0.3 is 14.4 Å². The summed E-state index contributed by atoms with van der Waals surface area (Å²) in [5, 5.41) is 0. The molecule has 5 nitrogen and oxygen atoms in total. The van der Waals surface area contributed by atoms with Gasteiger partial charge >= 0.3 is 5.97 Å². The Labute approximate surface area is 111 Å². The van der Waals surface area contributed by atoms with Crippen LogP contribution in [0.5, 0.6) is 0 Å². The number of esters is 1. The van der Waals surface area contributed by atoms with Crippen molar-refractivity contribution < 1.29 is 19.1 Å². The lowest BCUT2D eigenvalue weighted by Crippen LogP contribution is -2.34. The standard InChI is InChI=1S/C14H15NO4/c1-18-14(17)11-7-10-8-19-13(15(10)12(11)16)9-5-3-2-4-6-9/h2-6,10-11,13H,7-8H2,1H3/t10-,11-,13-/m0/s1. The Balaban J connectivity index is 1.85. The first-order chi connectivity index (χ1) is 9.22. The third kappa shape index (κ3) is 1.90. The number of ether oxygens (including phenoxy) is 2. The molecule has 0 spiro atoms. The van der Waals surface area contributed by atoms with Crippen LogP contribution >= 0.6 is 0 Å². The van der Waals surface area contributed by atoms with Crippen LogP contribution in [0.25, 0.3) is 0 Å². The molecule has 0 saturated carbocycles. The van der Waals surface area contributed by atoms with Gasteiger partial charge in [0.1, 0.15) is 5.92 Å². The number of benzene rings is 1. The van der Waals surface area contributed by atoms with E-state index in [1.165, 1.54) is 7.11 Å². The van der Waals surface area contributed by atoms with Gasteiger partial charge in [-0.05, 0) is 6.42 Å². The monoisotopic (exact) mass is 261 g/mol. The summed E-state index contributed by atoms with van der Waals surface area (Å²) in [5.74, 6) is -1.32. The van der Waals surface area contributed by atoms with E-state index in [1.54, 1.807) is 4.90 Å². The molecular weight excluding hydrogens is 246 g/mol. The predicted molar refractivity (Wildman–Crippen MR) is 65.9 cm³/mol. The number of rotatable bonds is 2. The van der Waals surface area contributed by atoms with Crippen LogP contribution in [0.4, 0.5) is 0 Å². The van der Waals surface area contributed by atoms with Crippen molar-refractivity contribution in [2.24, 2.45) is 5.92 Å². The van der Waals surface area contributed by atoms with Crippen LogP contribution in [0.3, 0.4) is 0 Å². The van der Waals surface area contributed by atoms with E-state index in [4.69, 9.17) is 4.74 Å². The largest absolute Gasteiger partial charge is 0.468 e. The minimum atomic E-state index is -0.676. The van der Waals surface area contributed by atoms with Gasteiger partial charge in [-0.15, -0.1) is 0 Å². The van der Waals surface area contributed by atoms with E-state index < -0.39 is 11.9 Å². The van der Waals surface area contributed by atoms with Crippen LogP contribution in [0.1, 0.15) is 18.2 Å². The highest BCUT2D eigenvalue weighted by Gasteiger charge is 2.51. The molecule has 0 unspecified atom stereocenters. The molecule has 2 fully saturated rings. The van der Waals surface area contributed by atoms with Crippen molar-refractivity contribution in [3.8, 4) is 0 Å². The Hall–Kier alpha value is -1.88. The second kappa shape index (κ2) is 4.66. The lowest BCUT2D eigenvalue weighted by Gasteiger charge is -2.22. The zero-order chi connectivity index (χ0) is 13.4.